The van der Waals surface area contributed by atoms with Gasteiger partial charge in [0, 0.05) is 49.1 Å². The Morgan fingerprint density at radius 1 is 0.818 bits per heavy atom. The van der Waals surface area contributed by atoms with Gasteiger partial charge in [0.05, 0.1) is 7.11 Å². The van der Waals surface area contributed by atoms with E-state index in [4.69, 9.17) is 4.74 Å². The number of pyridine rings is 1. The minimum atomic E-state index is -0.474. The van der Waals surface area contributed by atoms with Crippen molar-refractivity contribution in [3.8, 4) is 16.9 Å². The highest BCUT2D eigenvalue weighted by atomic mass is 16.5. The van der Waals surface area contributed by atoms with Gasteiger partial charge in [0.1, 0.15) is 11.4 Å². The van der Waals surface area contributed by atoms with Crippen molar-refractivity contribution < 1.29 is 14.3 Å². The van der Waals surface area contributed by atoms with Crippen LogP contribution in [0.4, 0.5) is 5.69 Å². The first-order valence-electron chi connectivity index (χ1n) is 11.0. The smallest absolute Gasteiger partial charge is 0.296 e. The van der Waals surface area contributed by atoms with Crippen LogP contribution in [0, 0.1) is 0 Å². The lowest BCUT2D eigenvalue weighted by atomic mass is 10.0. The molecule has 3 heterocycles. The number of methoxy groups -OCH3 is 1. The topological polar surface area (TPSA) is 54.3 Å². The summed E-state index contributed by atoms with van der Waals surface area (Å²) in [5, 5.41) is 0. The maximum atomic E-state index is 13.5. The number of carbonyl (C=O) groups excluding carboxylic acids is 2. The molecule has 6 heteroatoms. The molecule has 0 unspecified atom stereocenters. The fourth-order valence-corrected chi connectivity index (χ4v) is 4.40. The summed E-state index contributed by atoms with van der Waals surface area (Å²) in [6.07, 6.45) is 1.84. The second-order valence-corrected chi connectivity index (χ2v) is 8.07. The van der Waals surface area contributed by atoms with Crippen molar-refractivity contribution in [2.45, 2.75) is 0 Å². The van der Waals surface area contributed by atoms with Gasteiger partial charge in [0.25, 0.3) is 11.7 Å². The van der Waals surface area contributed by atoms with Crippen LogP contribution in [0.15, 0.2) is 85.1 Å². The molecule has 2 aromatic carbocycles. The largest absolute Gasteiger partial charge is 0.497 e. The molecule has 33 heavy (non-hydrogen) atoms. The number of ketones is 1. The summed E-state index contributed by atoms with van der Waals surface area (Å²) < 4.78 is 7.04. The Bertz CT molecular complexity index is 1290. The predicted molar refractivity (Wildman–Crippen MR) is 129 cm³/mol. The van der Waals surface area contributed by atoms with Gasteiger partial charge >= 0.3 is 0 Å². The van der Waals surface area contributed by atoms with Gasteiger partial charge in [-0.1, -0.05) is 36.4 Å². The summed E-state index contributed by atoms with van der Waals surface area (Å²) in [5.74, 6) is -0.116. The van der Waals surface area contributed by atoms with E-state index in [1.165, 1.54) is 0 Å². The van der Waals surface area contributed by atoms with E-state index in [1.54, 1.807) is 12.0 Å². The number of hydrogen-bond donors (Lipinski definition) is 0. The molecule has 1 fully saturated rings. The van der Waals surface area contributed by atoms with E-state index in [0.717, 1.165) is 28.1 Å². The summed E-state index contributed by atoms with van der Waals surface area (Å²) in [6, 6.07) is 25.3. The highest BCUT2D eigenvalue weighted by molar-refractivity contribution is 6.43. The molecular formula is C27H25N3O3. The van der Waals surface area contributed by atoms with Crippen molar-refractivity contribution in [3.63, 3.8) is 0 Å². The predicted octanol–water partition coefficient (Wildman–Crippen LogP) is 4.15. The number of fused-ring (bicyclic) bond motifs is 1. The summed E-state index contributed by atoms with van der Waals surface area (Å²) in [7, 11) is 1.65. The third-order valence-corrected chi connectivity index (χ3v) is 6.18. The van der Waals surface area contributed by atoms with Crippen LogP contribution in [-0.4, -0.2) is 54.3 Å². The Labute approximate surface area is 192 Å². The summed E-state index contributed by atoms with van der Waals surface area (Å²) >= 11 is 0. The second-order valence-electron chi connectivity index (χ2n) is 8.07. The Morgan fingerprint density at radius 3 is 2.21 bits per heavy atom. The molecular weight excluding hydrogens is 414 g/mol. The molecule has 0 atom stereocenters. The lowest BCUT2D eigenvalue weighted by Gasteiger charge is -2.35. The van der Waals surface area contributed by atoms with Crippen LogP contribution in [0.3, 0.4) is 0 Å². The lowest BCUT2D eigenvalue weighted by Crippen LogP contribution is -2.50. The number of piperazine rings is 1. The van der Waals surface area contributed by atoms with Crippen LogP contribution < -0.4 is 9.64 Å². The van der Waals surface area contributed by atoms with Gasteiger partial charge in [-0.3, -0.25) is 9.59 Å². The van der Waals surface area contributed by atoms with Gasteiger partial charge in [0.2, 0.25) is 0 Å². The Kier molecular flexibility index (Phi) is 5.57. The summed E-state index contributed by atoms with van der Waals surface area (Å²) in [4.78, 5) is 30.7. The van der Waals surface area contributed by atoms with Crippen LogP contribution in [0.1, 0.15) is 10.5 Å². The van der Waals surface area contributed by atoms with Crippen molar-refractivity contribution in [1.29, 1.82) is 0 Å². The molecule has 2 aromatic heterocycles. The van der Waals surface area contributed by atoms with Crippen molar-refractivity contribution in [3.05, 3.63) is 90.8 Å². The SMILES string of the molecule is COc1ccc(N2CCN(C(=O)C(=O)c3c(-c4ccccc4)cc4ccccn34)CC2)cc1. The fourth-order valence-electron chi connectivity index (χ4n) is 4.40. The third kappa shape index (κ3) is 3.96. The number of nitrogens with zero attached hydrogens (tertiary/aromatic N) is 3. The van der Waals surface area contributed by atoms with E-state index in [-0.39, 0.29) is 0 Å². The van der Waals surface area contributed by atoms with E-state index in [1.807, 2.05) is 89.5 Å². The third-order valence-electron chi connectivity index (χ3n) is 6.18. The molecule has 0 N–H and O–H groups in total. The van der Waals surface area contributed by atoms with Crippen molar-refractivity contribution in [2.75, 3.05) is 38.2 Å². The summed E-state index contributed by atoms with van der Waals surface area (Å²) in [5.41, 5.74) is 4.08. The first kappa shape index (κ1) is 20.8. The first-order valence-corrected chi connectivity index (χ1v) is 11.0. The average molecular weight is 440 g/mol. The van der Waals surface area contributed by atoms with Crippen LogP contribution in [0.25, 0.3) is 16.6 Å². The maximum Gasteiger partial charge on any atom is 0.296 e. The molecule has 0 saturated carbocycles. The number of hydrogen-bond acceptors (Lipinski definition) is 4. The van der Waals surface area contributed by atoms with E-state index in [2.05, 4.69) is 4.90 Å². The molecule has 166 valence electrons. The first-order chi connectivity index (χ1) is 16.2. The van der Waals surface area contributed by atoms with E-state index in [0.29, 0.717) is 31.9 Å². The molecule has 6 nitrogen and oxygen atoms in total. The molecule has 0 radical (unpaired) electrons. The molecule has 1 aliphatic heterocycles. The molecule has 0 spiro atoms. The van der Waals surface area contributed by atoms with Gasteiger partial charge in [-0.15, -0.1) is 0 Å². The molecule has 1 aliphatic rings. The molecule has 5 rings (SSSR count). The summed E-state index contributed by atoms with van der Waals surface area (Å²) in [6.45, 7) is 2.35. The normalized spacial score (nSPS) is 13.8. The molecule has 0 bridgehead atoms. The highest BCUT2D eigenvalue weighted by Crippen LogP contribution is 2.29. The zero-order valence-electron chi connectivity index (χ0n) is 18.5. The highest BCUT2D eigenvalue weighted by Gasteiger charge is 2.30. The monoisotopic (exact) mass is 439 g/mol. The Balaban J connectivity index is 1.37. The molecule has 1 amide bonds. The van der Waals surface area contributed by atoms with Crippen molar-refractivity contribution in [1.82, 2.24) is 9.30 Å². The quantitative estimate of drug-likeness (QED) is 0.346. The van der Waals surface area contributed by atoms with Gasteiger partial charge in [-0.05, 0) is 48.0 Å². The molecule has 1 saturated heterocycles. The van der Waals surface area contributed by atoms with Gasteiger partial charge in [-0.2, -0.15) is 0 Å². The van der Waals surface area contributed by atoms with Crippen LogP contribution in [-0.2, 0) is 4.79 Å². The number of anilines is 1. The van der Waals surface area contributed by atoms with Crippen molar-refractivity contribution >= 4 is 22.9 Å². The minimum Gasteiger partial charge on any atom is -0.497 e. The number of rotatable bonds is 5. The number of aromatic nitrogens is 1. The maximum absolute atomic E-state index is 13.5. The standard InChI is InChI=1S/C27H25N3O3/c1-33-23-12-10-21(11-13-23)28-15-17-29(18-16-28)27(32)26(31)25-24(20-7-3-2-4-8-20)19-22-9-5-6-14-30(22)25/h2-14,19H,15-18H2,1H3. The minimum absolute atomic E-state index is 0.416. The van der Waals surface area contributed by atoms with Crippen LogP contribution in [0.2, 0.25) is 0 Å². The van der Waals surface area contributed by atoms with E-state index < -0.39 is 11.7 Å². The number of amides is 1. The van der Waals surface area contributed by atoms with Crippen LogP contribution >= 0.6 is 0 Å². The number of carbonyl (C=O) groups is 2. The average Bonchev–Trinajstić information content (AvgIpc) is 3.28. The van der Waals surface area contributed by atoms with Crippen molar-refractivity contribution in [2.24, 2.45) is 0 Å². The van der Waals surface area contributed by atoms with Gasteiger partial charge < -0.3 is 18.9 Å². The van der Waals surface area contributed by atoms with Crippen LogP contribution in [0.5, 0.6) is 5.75 Å². The Morgan fingerprint density at radius 2 is 1.52 bits per heavy atom. The molecule has 0 aliphatic carbocycles. The molecule has 4 aromatic rings. The fraction of sp³-hybridized carbons (Fsp3) is 0.185. The van der Waals surface area contributed by atoms with Gasteiger partial charge in [0.15, 0.2) is 0 Å². The zero-order valence-corrected chi connectivity index (χ0v) is 18.5. The van der Waals surface area contributed by atoms with E-state index >= 15 is 0 Å². The number of Topliss-reactive ketones (excluding diaryl/α,β-unsaturated/α-hetero) is 1. The lowest BCUT2D eigenvalue weighted by molar-refractivity contribution is -0.126. The van der Waals surface area contributed by atoms with Gasteiger partial charge in [-0.25, -0.2) is 0 Å². The van der Waals surface area contributed by atoms with E-state index in [9.17, 15) is 9.59 Å². The Hall–Kier alpha value is -4.06. The second kappa shape index (κ2) is 8.82. The zero-order chi connectivity index (χ0) is 22.8. The number of benzene rings is 2. The number of ether oxygens (including phenoxy) is 1.